The molecule has 94 heavy (non-hydrogen) atoms. The van der Waals surface area contributed by atoms with E-state index in [1.54, 1.807) is 0 Å². The van der Waals surface area contributed by atoms with E-state index < -0.39 is 0 Å². The summed E-state index contributed by atoms with van der Waals surface area (Å²) in [5.74, 6) is 1.74. The highest BCUT2D eigenvalue weighted by molar-refractivity contribution is 6.25. The Morgan fingerprint density at radius 3 is 1.14 bits per heavy atom. The fraction of sp³-hybridized carbons (Fsp3) is 0.186. The van der Waals surface area contributed by atoms with Gasteiger partial charge in [0.2, 0.25) is 0 Å². The van der Waals surface area contributed by atoms with E-state index in [0.717, 1.165) is 138 Å². The molecule has 0 saturated heterocycles. The molecule has 0 unspecified atom stereocenters. The predicted octanol–water partition coefficient (Wildman–Crippen LogP) is 23.9. The Morgan fingerprint density at radius 1 is 0.319 bits per heavy atom. The van der Waals surface area contributed by atoms with Crippen molar-refractivity contribution in [3.05, 3.63) is 252 Å². The van der Waals surface area contributed by atoms with Crippen molar-refractivity contribution in [2.75, 3.05) is 0 Å². The third-order valence-electron chi connectivity index (χ3n) is 19.2. The quantitative estimate of drug-likeness (QED) is 0.149. The van der Waals surface area contributed by atoms with Crippen molar-refractivity contribution in [2.45, 2.75) is 105 Å². The molecule has 0 amide bonds. The van der Waals surface area contributed by atoms with Crippen molar-refractivity contribution in [1.29, 1.82) is 0 Å². The third-order valence-corrected chi connectivity index (χ3v) is 19.2. The van der Waals surface area contributed by atoms with Crippen molar-refractivity contribution in [1.82, 2.24) is 24.1 Å². The van der Waals surface area contributed by atoms with Gasteiger partial charge in [-0.05, 0) is 164 Å². The van der Waals surface area contributed by atoms with E-state index in [-0.39, 0.29) is 21.7 Å². The summed E-state index contributed by atoms with van der Waals surface area (Å²) in [6.45, 7) is 35.5. The molecule has 458 valence electrons. The first kappa shape index (κ1) is 58.2. The van der Waals surface area contributed by atoms with Crippen molar-refractivity contribution < 1.29 is 8.83 Å². The van der Waals surface area contributed by atoms with E-state index in [2.05, 4.69) is 285 Å². The first-order valence-corrected chi connectivity index (χ1v) is 32.6. The van der Waals surface area contributed by atoms with E-state index in [1.807, 2.05) is 30.3 Å². The number of fused-ring (bicyclic) bond motifs is 14. The van der Waals surface area contributed by atoms with Gasteiger partial charge in [0.15, 0.2) is 23.2 Å². The van der Waals surface area contributed by atoms with E-state index in [9.17, 15) is 0 Å². The first-order chi connectivity index (χ1) is 45.0. The summed E-state index contributed by atoms with van der Waals surface area (Å²) < 4.78 is 18.7. The zero-order chi connectivity index (χ0) is 64.9. The minimum atomic E-state index is -0.164. The van der Waals surface area contributed by atoms with Gasteiger partial charge in [-0.25, -0.2) is 19.8 Å². The molecule has 0 aliphatic rings. The lowest BCUT2D eigenvalue weighted by atomic mass is 9.79. The number of benzene rings is 11. The monoisotopic (exact) mass is 1220 g/mol. The topological polar surface area (TPSA) is 79.2 Å². The highest BCUT2D eigenvalue weighted by atomic mass is 16.3. The molecule has 8 nitrogen and oxygen atoms in total. The van der Waals surface area contributed by atoms with Crippen LogP contribution in [0, 0.1) is 6.57 Å². The van der Waals surface area contributed by atoms with Gasteiger partial charge in [-0.2, -0.15) is 0 Å². The molecule has 0 aliphatic heterocycles. The van der Waals surface area contributed by atoms with Crippen LogP contribution in [0.15, 0.2) is 227 Å². The largest absolute Gasteiger partial charge is 0.455 e. The molecule has 0 aliphatic carbocycles. The fourth-order valence-corrected chi connectivity index (χ4v) is 14.0. The highest BCUT2D eigenvalue weighted by Gasteiger charge is 2.29. The van der Waals surface area contributed by atoms with Gasteiger partial charge in [0.05, 0.1) is 50.8 Å². The van der Waals surface area contributed by atoms with Gasteiger partial charge in [-0.3, -0.25) is 0 Å². The first-order valence-electron chi connectivity index (χ1n) is 32.6. The summed E-state index contributed by atoms with van der Waals surface area (Å²) in [6.07, 6.45) is 0. The fourth-order valence-electron chi connectivity index (χ4n) is 14.0. The van der Waals surface area contributed by atoms with Gasteiger partial charge in [0, 0.05) is 60.1 Å². The molecule has 0 bridgehead atoms. The molecule has 0 radical (unpaired) electrons. The second kappa shape index (κ2) is 21.1. The smallest absolute Gasteiger partial charge is 0.187 e. The van der Waals surface area contributed by atoms with Crippen molar-refractivity contribution >= 4 is 93.2 Å². The normalized spacial score (nSPS) is 12.7. The number of hydrogen-bond acceptors (Lipinski definition) is 5. The van der Waals surface area contributed by atoms with Gasteiger partial charge < -0.3 is 18.0 Å². The Labute approximate surface area is 547 Å². The van der Waals surface area contributed by atoms with Crippen LogP contribution in [-0.2, 0) is 21.7 Å². The Balaban J connectivity index is 1.05. The van der Waals surface area contributed by atoms with Crippen LogP contribution < -0.4 is 0 Å². The van der Waals surface area contributed by atoms with E-state index in [0.29, 0.717) is 23.2 Å². The Morgan fingerprint density at radius 2 is 0.702 bits per heavy atom. The highest BCUT2D eigenvalue weighted by Crippen LogP contribution is 2.48. The van der Waals surface area contributed by atoms with Crippen LogP contribution in [0.2, 0.25) is 0 Å². The third kappa shape index (κ3) is 9.58. The Hall–Kier alpha value is -10.9. The van der Waals surface area contributed by atoms with E-state index in [4.69, 9.17) is 30.4 Å². The lowest BCUT2D eigenvalue weighted by molar-refractivity contribution is 0.568. The van der Waals surface area contributed by atoms with E-state index >= 15 is 0 Å². The molecule has 0 saturated carbocycles. The van der Waals surface area contributed by atoms with Crippen LogP contribution >= 0.6 is 0 Å². The lowest BCUT2D eigenvalue weighted by Gasteiger charge is -2.26. The maximum Gasteiger partial charge on any atom is 0.187 e. The summed E-state index contributed by atoms with van der Waals surface area (Å²) >= 11 is 0. The number of nitrogens with zero attached hydrogens (tertiary/aromatic N) is 6. The molecular weight excluding hydrogens is 1150 g/mol. The van der Waals surface area contributed by atoms with Crippen LogP contribution in [0.4, 0.5) is 5.69 Å². The molecule has 5 aromatic heterocycles. The van der Waals surface area contributed by atoms with Gasteiger partial charge >= 0.3 is 0 Å². The number of furan rings is 2. The van der Waals surface area contributed by atoms with Crippen LogP contribution in [0.5, 0.6) is 0 Å². The molecule has 0 spiro atoms. The lowest BCUT2D eigenvalue weighted by Crippen LogP contribution is -2.17. The predicted molar refractivity (Wildman–Crippen MR) is 391 cm³/mol. The molecule has 0 atom stereocenters. The standard InChI is InChI=1S/C86H72N6O2/c1-83(2,3)55-41-53(42-56(48-55)84(4,5)6)81-88-80(89-82(90-81)54-43-57(85(7,8)9)49-58(44-54)86(10,11)12)52-34-38-71(92-69-30-19-15-28-65(69)77-73(92)40-36-63-61-26-17-21-32-75(61)94-79(63)77)67(47-52)66-46-51(50-23-22-24-59(45-50)87-13)33-37-70(66)91-68-29-18-14-27-64(68)76-72(91)39-35-62-60-25-16-20-31-74(60)93-78(62)76/h14-49H,1-12H3. The van der Waals surface area contributed by atoms with E-state index in [1.165, 1.54) is 22.3 Å². The maximum absolute atomic E-state index is 8.16. The van der Waals surface area contributed by atoms with Crippen molar-refractivity contribution in [3.8, 4) is 67.8 Å². The molecule has 0 N–H and O–H groups in total. The average molecular weight is 1220 g/mol. The SMILES string of the molecule is [C-]#[N+]c1cccc(-c2ccc(-n3c4ccccc4c4c5oc6ccccc6c5ccc43)c(-c3cc(-c4nc(-c5cc(C(C)(C)C)cc(C(C)(C)C)c5)nc(-c5cc(C(C)(C)C)cc(C(C)(C)C)c5)n4)ccc3-n3c4ccccc4c4c5oc6ccccc6c5ccc43)c2)c1. The van der Waals surface area contributed by atoms with Crippen LogP contribution in [0.25, 0.3) is 160 Å². The van der Waals surface area contributed by atoms with Gasteiger partial charge in [0.1, 0.15) is 22.3 Å². The molecule has 5 heterocycles. The van der Waals surface area contributed by atoms with Crippen LogP contribution in [-0.4, -0.2) is 24.1 Å². The second-order valence-corrected chi connectivity index (χ2v) is 29.6. The van der Waals surface area contributed by atoms with Crippen LogP contribution in [0.1, 0.15) is 105 Å². The Kier molecular flexibility index (Phi) is 13.1. The Bertz CT molecular complexity index is 5710. The molecule has 11 aromatic carbocycles. The number of hydrogen-bond donors (Lipinski definition) is 0. The molecular formula is C86H72N6O2. The van der Waals surface area contributed by atoms with Gasteiger partial charge in [0.25, 0.3) is 0 Å². The van der Waals surface area contributed by atoms with Crippen LogP contribution in [0.3, 0.4) is 0 Å². The molecule has 16 aromatic rings. The maximum atomic E-state index is 8.16. The number of aromatic nitrogens is 5. The summed E-state index contributed by atoms with van der Waals surface area (Å²) in [5, 5.41) is 8.51. The summed E-state index contributed by atoms with van der Waals surface area (Å²) in [7, 11) is 0. The number of rotatable bonds is 7. The molecule has 0 fully saturated rings. The summed E-state index contributed by atoms with van der Waals surface area (Å²) in [6, 6.07) is 78.3. The minimum Gasteiger partial charge on any atom is -0.455 e. The summed E-state index contributed by atoms with van der Waals surface area (Å²) in [5.41, 5.74) is 20.5. The number of para-hydroxylation sites is 4. The van der Waals surface area contributed by atoms with Gasteiger partial charge in [-0.1, -0.05) is 192 Å². The zero-order valence-electron chi connectivity index (χ0n) is 55.3. The van der Waals surface area contributed by atoms with Crippen molar-refractivity contribution in [2.24, 2.45) is 0 Å². The average Bonchev–Trinajstić information content (AvgIpc) is 1.55. The van der Waals surface area contributed by atoms with Gasteiger partial charge in [-0.15, -0.1) is 0 Å². The zero-order valence-corrected chi connectivity index (χ0v) is 55.3. The molecule has 16 rings (SSSR count). The van der Waals surface area contributed by atoms with Crippen molar-refractivity contribution in [3.63, 3.8) is 0 Å². The summed E-state index contributed by atoms with van der Waals surface area (Å²) in [4.78, 5) is 20.8. The minimum absolute atomic E-state index is 0.164. The molecule has 8 heteroatoms. The second-order valence-electron chi connectivity index (χ2n) is 29.6.